The molecule has 0 spiro atoms. The average Bonchev–Trinajstić information content (AvgIpc) is 2.70. The number of aryl methyl sites for hydroxylation is 1. The maximum Gasteiger partial charge on any atom is 0.212 e. The van der Waals surface area contributed by atoms with E-state index in [1.54, 1.807) is 0 Å². The first kappa shape index (κ1) is 11.3. The summed E-state index contributed by atoms with van der Waals surface area (Å²) in [6.07, 6.45) is 1.15. The molecule has 1 heterocycles. The Kier molecular flexibility index (Phi) is 2.66. The largest absolute Gasteiger partial charge is 0.287 e. The van der Waals surface area contributed by atoms with E-state index in [-0.39, 0.29) is 11.3 Å². The van der Waals surface area contributed by atoms with Gasteiger partial charge < -0.3 is 0 Å². The van der Waals surface area contributed by atoms with Gasteiger partial charge in [0.2, 0.25) is 5.78 Å². The molecule has 0 aliphatic carbocycles. The van der Waals surface area contributed by atoms with Gasteiger partial charge in [0.15, 0.2) is 17.5 Å². The first-order valence-electron chi connectivity index (χ1n) is 4.54. The van der Waals surface area contributed by atoms with Crippen molar-refractivity contribution in [1.29, 1.82) is 0 Å². The van der Waals surface area contributed by atoms with Crippen LogP contribution in [-0.2, 0) is 7.05 Å². The molecule has 7 heteroatoms. The average molecular weight is 241 g/mol. The van der Waals surface area contributed by atoms with Crippen LogP contribution in [0.25, 0.3) is 0 Å². The highest BCUT2D eigenvalue weighted by molar-refractivity contribution is 6.07. The van der Waals surface area contributed by atoms with Gasteiger partial charge in [-0.3, -0.25) is 4.79 Å². The van der Waals surface area contributed by atoms with Crippen LogP contribution < -0.4 is 0 Å². The number of rotatable bonds is 2. The number of halogens is 3. The number of nitrogens with zero attached hydrogens (tertiary/aromatic N) is 3. The Morgan fingerprint density at radius 2 is 1.82 bits per heavy atom. The highest BCUT2D eigenvalue weighted by Gasteiger charge is 2.18. The van der Waals surface area contributed by atoms with E-state index in [0.717, 1.165) is 10.9 Å². The summed E-state index contributed by atoms with van der Waals surface area (Å²) in [6.45, 7) is 0. The van der Waals surface area contributed by atoms with E-state index < -0.39 is 23.2 Å². The Morgan fingerprint density at radius 3 is 2.29 bits per heavy atom. The van der Waals surface area contributed by atoms with E-state index in [1.807, 2.05) is 0 Å². The number of hydrogen-bond donors (Lipinski definition) is 0. The number of ketones is 1. The minimum Gasteiger partial charge on any atom is -0.287 e. The van der Waals surface area contributed by atoms with Gasteiger partial charge >= 0.3 is 0 Å². The van der Waals surface area contributed by atoms with Crippen molar-refractivity contribution in [3.05, 3.63) is 47.0 Å². The van der Waals surface area contributed by atoms with Crippen LogP contribution in [0, 0.1) is 17.5 Å². The van der Waals surface area contributed by atoms with Crippen molar-refractivity contribution in [3.8, 4) is 0 Å². The molecule has 0 aliphatic heterocycles. The molecule has 2 aromatic rings. The standard InChI is InChI=1S/C10H6F3N3O/c1-16-8(4-14-15-16)10(17)5-2-6(11)9(13)7(12)3-5/h2-4H,1H3. The third kappa shape index (κ3) is 1.91. The third-order valence-electron chi connectivity index (χ3n) is 2.19. The molecule has 4 nitrogen and oxygen atoms in total. The highest BCUT2D eigenvalue weighted by Crippen LogP contribution is 2.16. The Hall–Kier alpha value is -2.18. The van der Waals surface area contributed by atoms with Crippen LogP contribution in [0.4, 0.5) is 13.2 Å². The number of carbonyl (C=O) groups excluding carboxylic acids is 1. The van der Waals surface area contributed by atoms with Crippen molar-refractivity contribution in [3.63, 3.8) is 0 Å². The molecule has 1 aromatic heterocycles. The molecule has 0 atom stereocenters. The topological polar surface area (TPSA) is 47.8 Å². The maximum atomic E-state index is 12.9. The molecular formula is C10H6F3N3O. The lowest BCUT2D eigenvalue weighted by Crippen LogP contribution is -2.09. The van der Waals surface area contributed by atoms with Crippen molar-refractivity contribution >= 4 is 5.78 Å². The summed E-state index contributed by atoms with van der Waals surface area (Å²) in [7, 11) is 1.45. The van der Waals surface area contributed by atoms with Crippen LogP contribution in [0.1, 0.15) is 16.1 Å². The van der Waals surface area contributed by atoms with Crippen molar-refractivity contribution in [2.45, 2.75) is 0 Å². The molecule has 0 unspecified atom stereocenters. The van der Waals surface area contributed by atoms with Crippen molar-refractivity contribution in [1.82, 2.24) is 15.0 Å². The lowest BCUT2D eigenvalue weighted by molar-refractivity contribution is 0.102. The zero-order valence-corrected chi connectivity index (χ0v) is 8.62. The van der Waals surface area contributed by atoms with Crippen molar-refractivity contribution in [2.24, 2.45) is 7.05 Å². The quantitative estimate of drug-likeness (QED) is 0.590. The molecule has 2 rings (SSSR count). The summed E-state index contributed by atoms with van der Waals surface area (Å²) in [6, 6.07) is 1.27. The molecule has 17 heavy (non-hydrogen) atoms. The van der Waals surface area contributed by atoms with Crippen LogP contribution in [0.3, 0.4) is 0 Å². The zero-order chi connectivity index (χ0) is 12.6. The fourth-order valence-corrected chi connectivity index (χ4v) is 1.33. The van der Waals surface area contributed by atoms with Gasteiger partial charge in [-0.05, 0) is 12.1 Å². The van der Waals surface area contributed by atoms with Gasteiger partial charge in [0.05, 0.1) is 6.20 Å². The van der Waals surface area contributed by atoms with E-state index in [4.69, 9.17) is 0 Å². The van der Waals surface area contributed by atoms with Gasteiger partial charge in [-0.25, -0.2) is 17.9 Å². The molecule has 0 saturated carbocycles. The Balaban J connectivity index is 2.49. The molecule has 0 radical (unpaired) electrons. The van der Waals surface area contributed by atoms with E-state index in [1.165, 1.54) is 7.05 Å². The summed E-state index contributed by atoms with van der Waals surface area (Å²) in [5.74, 6) is -5.12. The molecule has 0 N–H and O–H groups in total. The Morgan fingerprint density at radius 1 is 1.24 bits per heavy atom. The molecular weight excluding hydrogens is 235 g/mol. The number of hydrogen-bond acceptors (Lipinski definition) is 3. The molecule has 0 fully saturated rings. The first-order chi connectivity index (χ1) is 8.00. The van der Waals surface area contributed by atoms with Gasteiger partial charge in [0.1, 0.15) is 5.69 Å². The van der Waals surface area contributed by atoms with Gasteiger partial charge in [-0.1, -0.05) is 5.21 Å². The molecule has 0 aliphatic rings. The lowest BCUT2D eigenvalue weighted by atomic mass is 10.1. The van der Waals surface area contributed by atoms with Gasteiger partial charge in [-0.2, -0.15) is 0 Å². The maximum absolute atomic E-state index is 12.9. The fraction of sp³-hybridized carbons (Fsp3) is 0.100. The predicted molar refractivity (Wildman–Crippen MR) is 50.8 cm³/mol. The summed E-state index contributed by atoms with van der Waals surface area (Å²) in [5.41, 5.74) is -0.248. The van der Waals surface area contributed by atoms with Gasteiger partial charge in [0, 0.05) is 12.6 Å². The SMILES string of the molecule is Cn1nncc1C(=O)c1cc(F)c(F)c(F)c1. The normalized spacial score (nSPS) is 10.6. The van der Waals surface area contributed by atoms with Crippen molar-refractivity contribution in [2.75, 3.05) is 0 Å². The number of aromatic nitrogens is 3. The van der Waals surface area contributed by atoms with E-state index >= 15 is 0 Å². The Labute approximate surface area is 93.7 Å². The molecule has 1 aromatic carbocycles. The summed E-state index contributed by atoms with van der Waals surface area (Å²) in [4.78, 5) is 11.8. The van der Waals surface area contributed by atoms with Gasteiger partial charge in [0.25, 0.3) is 0 Å². The third-order valence-corrected chi connectivity index (χ3v) is 2.19. The minimum absolute atomic E-state index is 0.0513. The molecule has 0 saturated heterocycles. The lowest BCUT2D eigenvalue weighted by Gasteiger charge is -2.02. The fourth-order valence-electron chi connectivity index (χ4n) is 1.33. The summed E-state index contributed by atoms with van der Waals surface area (Å²) >= 11 is 0. The van der Waals surface area contributed by atoms with Crippen molar-refractivity contribution < 1.29 is 18.0 Å². The van der Waals surface area contributed by atoms with E-state index in [9.17, 15) is 18.0 Å². The van der Waals surface area contributed by atoms with Gasteiger partial charge in [-0.15, -0.1) is 5.10 Å². The van der Waals surface area contributed by atoms with Crippen LogP contribution in [-0.4, -0.2) is 20.8 Å². The molecule has 0 bridgehead atoms. The summed E-state index contributed by atoms with van der Waals surface area (Å²) in [5, 5.41) is 6.97. The van der Waals surface area contributed by atoms with Crippen LogP contribution >= 0.6 is 0 Å². The Bertz CT molecular complexity index is 571. The van der Waals surface area contributed by atoms with E-state index in [2.05, 4.69) is 10.3 Å². The highest BCUT2D eigenvalue weighted by atomic mass is 19.2. The van der Waals surface area contributed by atoms with Crippen LogP contribution in [0.5, 0.6) is 0 Å². The monoisotopic (exact) mass is 241 g/mol. The number of carbonyl (C=O) groups is 1. The second-order valence-corrected chi connectivity index (χ2v) is 3.33. The van der Waals surface area contributed by atoms with E-state index in [0.29, 0.717) is 12.1 Å². The summed E-state index contributed by atoms with van der Waals surface area (Å²) < 4.78 is 39.7. The smallest absolute Gasteiger partial charge is 0.212 e. The zero-order valence-electron chi connectivity index (χ0n) is 8.62. The van der Waals surface area contributed by atoms with Crippen LogP contribution in [0.15, 0.2) is 18.3 Å². The minimum atomic E-state index is -1.61. The molecule has 0 amide bonds. The first-order valence-corrected chi connectivity index (χ1v) is 4.54. The molecule has 88 valence electrons. The number of benzene rings is 1. The second kappa shape index (κ2) is 4.00. The van der Waals surface area contributed by atoms with Crippen LogP contribution in [0.2, 0.25) is 0 Å². The predicted octanol–water partition coefficient (Wildman–Crippen LogP) is 1.46. The second-order valence-electron chi connectivity index (χ2n) is 3.33.